The Hall–Kier alpha value is -0.300. The number of piperidine rings is 1. The number of aliphatic imine (C=N–C) groups is 1. The number of guanidine groups is 1. The van der Waals surface area contributed by atoms with E-state index in [-0.39, 0.29) is 24.0 Å². The number of likely N-dealkylation sites (tertiary alicyclic amines) is 1. The van der Waals surface area contributed by atoms with Gasteiger partial charge in [0.25, 0.3) is 0 Å². The van der Waals surface area contributed by atoms with Gasteiger partial charge in [0.2, 0.25) is 0 Å². The zero-order valence-electron chi connectivity index (χ0n) is 15.1. The SMILES string of the molecule is C=C(C)CN1CCC(NC(=NCC)NC2CC2CCC)CC1.I. The zero-order valence-corrected chi connectivity index (χ0v) is 17.4. The molecule has 0 aromatic rings. The quantitative estimate of drug-likeness (QED) is 0.279. The Morgan fingerprint density at radius 2 is 1.91 bits per heavy atom. The van der Waals surface area contributed by atoms with Gasteiger partial charge < -0.3 is 10.6 Å². The van der Waals surface area contributed by atoms with Gasteiger partial charge in [0, 0.05) is 38.3 Å². The van der Waals surface area contributed by atoms with Crippen molar-refractivity contribution in [2.45, 2.75) is 65.0 Å². The molecule has 2 N–H and O–H groups in total. The predicted octanol–water partition coefficient (Wildman–Crippen LogP) is 3.39. The van der Waals surface area contributed by atoms with Crippen molar-refractivity contribution in [3.63, 3.8) is 0 Å². The molecule has 4 nitrogen and oxygen atoms in total. The molecule has 23 heavy (non-hydrogen) atoms. The van der Waals surface area contributed by atoms with E-state index in [1.165, 1.54) is 37.7 Å². The molecule has 2 unspecified atom stereocenters. The van der Waals surface area contributed by atoms with Crippen molar-refractivity contribution in [3.8, 4) is 0 Å². The monoisotopic (exact) mass is 434 g/mol. The van der Waals surface area contributed by atoms with Crippen molar-refractivity contribution in [1.82, 2.24) is 15.5 Å². The second kappa shape index (κ2) is 10.5. The molecule has 1 aliphatic carbocycles. The van der Waals surface area contributed by atoms with E-state index in [0.717, 1.165) is 38.1 Å². The van der Waals surface area contributed by atoms with Crippen LogP contribution < -0.4 is 10.6 Å². The molecule has 1 saturated carbocycles. The van der Waals surface area contributed by atoms with E-state index < -0.39 is 0 Å². The summed E-state index contributed by atoms with van der Waals surface area (Å²) < 4.78 is 0. The molecule has 2 aliphatic rings. The fourth-order valence-corrected chi connectivity index (χ4v) is 3.39. The minimum absolute atomic E-state index is 0. The summed E-state index contributed by atoms with van der Waals surface area (Å²) in [5.74, 6) is 1.90. The van der Waals surface area contributed by atoms with Gasteiger partial charge in [0.05, 0.1) is 0 Å². The van der Waals surface area contributed by atoms with Gasteiger partial charge in [0.1, 0.15) is 0 Å². The molecule has 1 aliphatic heterocycles. The first-order valence-corrected chi connectivity index (χ1v) is 9.06. The maximum atomic E-state index is 4.63. The molecule has 2 fully saturated rings. The zero-order chi connectivity index (χ0) is 15.9. The van der Waals surface area contributed by atoms with Gasteiger partial charge >= 0.3 is 0 Å². The van der Waals surface area contributed by atoms with E-state index in [2.05, 4.69) is 47.9 Å². The van der Waals surface area contributed by atoms with Crippen LogP contribution in [-0.4, -0.2) is 49.1 Å². The summed E-state index contributed by atoms with van der Waals surface area (Å²) in [7, 11) is 0. The molecule has 5 heteroatoms. The van der Waals surface area contributed by atoms with Crippen LogP contribution in [0.2, 0.25) is 0 Å². The first-order chi connectivity index (χ1) is 10.6. The average molecular weight is 434 g/mol. The van der Waals surface area contributed by atoms with E-state index in [1.54, 1.807) is 0 Å². The summed E-state index contributed by atoms with van der Waals surface area (Å²) in [6, 6.07) is 1.21. The van der Waals surface area contributed by atoms with Crippen LogP contribution in [0.1, 0.15) is 52.9 Å². The molecule has 0 aromatic carbocycles. The topological polar surface area (TPSA) is 39.7 Å². The highest BCUT2D eigenvalue weighted by molar-refractivity contribution is 14.0. The molecule has 1 heterocycles. The van der Waals surface area contributed by atoms with Gasteiger partial charge in [-0.15, -0.1) is 24.0 Å². The lowest BCUT2D eigenvalue weighted by atomic mass is 10.0. The number of hydrogen-bond donors (Lipinski definition) is 2. The van der Waals surface area contributed by atoms with Crippen LogP contribution in [-0.2, 0) is 0 Å². The Bertz CT molecular complexity index is 388. The molecule has 0 radical (unpaired) electrons. The number of nitrogens with one attached hydrogen (secondary N) is 2. The highest BCUT2D eigenvalue weighted by atomic mass is 127. The van der Waals surface area contributed by atoms with Gasteiger partial charge in [0.15, 0.2) is 5.96 Å². The lowest BCUT2D eigenvalue weighted by molar-refractivity contribution is 0.221. The number of rotatable bonds is 7. The third kappa shape index (κ3) is 7.42. The second-order valence-electron chi connectivity index (χ2n) is 7.01. The first-order valence-electron chi connectivity index (χ1n) is 9.06. The van der Waals surface area contributed by atoms with Crippen molar-refractivity contribution < 1.29 is 0 Å². The predicted molar refractivity (Wildman–Crippen MR) is 111 cm³/mol. The molecule has 0 spiro atoms. The Morgan fingerprint density at radius 3 is 2.48 bits per heavy atom. The lowest BCUT2D eigenvalue weighted by Gasteiger charge is -2.33. The summed E-state index contributed by atoms with van der Waals surface area (Å²) in [6.07, 6.45) is 6.34. The number of hydrogen-bond acceptors (Lipinski definition) is 2. The molecule has 0 bridgehead atoms. The Kier molecular flexibility index (Phi) is 9.51. The maximum absolute atomic E-state index is 4.63. The Balaban J connectivity index is 0.00000264. The Labute approximate surface area is 159 Å². The molecule has 0 aromatic heterocycles. The molecule has 2 atom stereocenters. The summed E-state index contributed by atoms with van der Waals surface area (Å²) >= 11 is 0. The normalized spacial score (nSPS) is 25.6. The number of nitrogens with zero attached hydrogens (tertiary/aromatic N) is 2. The fourth-order valence-electron chi connectivity index (χ4n) is 3.39. The average Bonchev–Trinajstić information content (AvgIpc) is 3.19. The third-order valence-electron chi connectivity index (χ3n) is 4.64. The van der Waals surface area contributed by atoms with Crippen molar-refractivity contribution in [2.24, 2.45) is 10.9 Å². The van der Waals surface area contributed by atoms with Gasteiger partial charge in [-0.3, -0.25) is 9.89 Å². The highest BCUT2D eigenvalue weighted by Gasteiger charge is 2.36. The van der Waals surface area contributed by atoms with Gasteiger partial charge in [-0.25, -0.2) is 0 Å². The van der Waals surface area contributed by atoms with Crippen molar-refractivity contribution in [3.05, 3.63) is 12.2 Å². The van der Waals surface area contributed by atoms with Crippen LogP contribution >= 0.6 is 24.0 Å². The largest absolute Gasteiger partial charge is 0.354 e. The van der Waals surface area contributed by atoms with Crippen LogP contribution in [0.5, 0.6) is 0 Å². The van der Waals surface area contributed by atoms with Crippen LogP contribution in [0, 0.1) is 5.92 Å². The van der Waals surface area contributed by atoms with E-state index in [4.69, 9.17) is 0 Å². The summed E-state index contributed by atoms with van der Waals surface area (Å²) in [5, 5.41) is 7.28. The highest BCUT2D eigenvalue weighted by Crippen LogP contribution is 2.34. The summed E-state index contributed by atoms with van der Waals surface area (Å²) in [6.45, 7) is 14.7. The van der Waals surface area contributed by atoms with E-state index in [0.29, 0.717) is 12.1 Å². The van der Waals surface area contributed by atoms with Crippen molar-refractivity contribution in [1.29, 1.82) is 0 Å². The van der Waals surface area contributed by atoms with E-state index in [1.807, 2.05) is 0 Å². The van der Waals surface area contributed by atoms with Crippen molar-refractivity contribution in [2.75, 3.05) is 26.2 Å². The molecule has 134 valence electrons. The first kappa shape index (κ1) is 20.7. The Morgan fingerprint density at radius 1 is 1.22 bits per heavy atom. The van der Waals surface area contributed by atoms with Gasteiger partial charge in [-0.05, 0) is 45.4 Å². The van der Waals surface area contributed by atoms with Gasteiger partial charge in [-0.1, -0.05) is 25.5 Å². The van der Waals surface area contributed by atoms with Crippen LogP contribution in [0.4, 0.5) is 0 Å². The van der Waals surface area contributed by atoms with Crippen molar-refractivity contribution >= 4 is 29.9 Å². The molecule has 2 rings (SSSR count). The summed E-state index contributed by atoms with van der Waals surface area (Å²) in [4.78, 5) is 7.13. The lowest BCUT2D eigenvalue weighted by Crippen LogP contribution is -2.49. The standard InChI is InChI=1S/C18H34N4.HI/c1-5-7-15-12-17(15)21-18(19-6-2)20-16-8-10-22(11-9-16)13-14(3)4;/h15-17H,3,5-13H2,1-2,4H3,(H2,19,20,21);1H. The minimum atomic E-state index is 0. The van der Waals surface area contributed by atoms with Crippen LogP contribution in [0.25, 0.3) is 0 Å². The fraction of sp³-hybridized carbons (Fsp3) is 0.833. The molecule has 1 saturated heterocycles. The van der Waals surface area contributed by atoms with E-state index >= 15 is 0 Å². The number of halogens is 1. The smallest absolute Gasteiger partial charge is 0.191 e. The molecule has 0 amide bonds. The second-order valence-corrected chi connectivity index (χ2v) is 7.01. The van der Waals surface area contributed by atoms with Crippen LogP contribution in [0.15, 0.2) is 17.1 Å². The summed E-state index contributed by atoms with van der Waals surface area (Å²) in [5.41, 5.74) is 1.26. The maximum Gasteiger partial charge on any atom is 0.191 e. The minimum Gasteiger partial charge on any atom is -0.354 e. The van der Waals surface area contributed by atoms with Gasteiger partial charge in [-0.2, -0.15) is 0 Å². The molecular weight excluding hydrogens is 399 g/mol. The molecular formula is C18H35IN4. The van der Waals surface area contributed by atoms with E-state index in [9.17, 15) is 0 Å². The third-order valence-corrected chi connectivity index (χ3v) is 4.64. The van der Waals surface area contributed by atoms with Crippen LogP contribution in [0.3, 0.4) is 0 Å².